The summed E-state index contributed by atoms with van der Waals surface area (Å²) in [6.45, 7) is 7.42. The average Bonchev–Trinajstić information content (AvgIpc) is 2.54. The van der Waals surface area contributed by atoms with Crippen molar-refractivity contribution in [1.82, 2.24) is 10.2 Å². The van der Waals surface area contributed by atoms with E-state index in [-0.39, 0.29) is 23.3 Å². The summed E-state index contributed by atoms with van der Waals surface area (Å²) in [6.07, 6.45) is 2.36. The predicted molar refractivity (Wildman–Crippen MR) is 95.3 cm³/mol. The maximum Gasteiger partial charge on any atom is 0.253 e. The third-order valence-corrected chi connectivity index (χ3v) is 5.12. The predicted octanol–water partition coefficient (Wildman–Crippen LogP) is 3.61. The molecule has 1 aromatic rings. The molecule has 1 N–H and O–H groups in total. The number of carbonyl (C=O) groups is 2. The van der Waals surface area contributed by atoms with Crippen molar-refractivity contribution in [2.24, 2.45) is 5.92 Å². The van der Waals surface area contributed by atoms with Crippen LogP contribution in [0.4, 0.5) is 0 Å². The van der Waals surface area contributed by atoms with Crippen molar-refractivity contribution in [3.8, 4) is 0 Å². The van der Waals surface area contributed by atoms with E-state index in [9.17, 15) is 9.59 Å². The van der Waals surface area contributed by atoms with E-state index in [1.54, 1.807) is 0 Å². The Balaban J connectivity index is 1.89. The molecule has 0 unspecified atom stereocenters. The number of nitrogens with zero attached hydrogens (tertiary/aromatic N) is 1. The zero-order valence-corrected chi connectivity index (χ0v) is 15.6. The summed E-state index contributed by atoms with van der Waals surface area (Å²) in [4.78, 5) is 26.7. The zero-order chi connectivity index (χ0) is 17.0. The molecule has 0 aliphatic carbocycles. The van der Waals surface area contributed by atoms with Gasteiger partial charge in [0.2, 0.25) is 5.91 Å². The van der Waals surface area contributed by atoms with E-state index in [0.29, 0.717) is 18.7 Å². The number of benzene rings is 1. The van der Waals surface area contributed by atoms with Crippen molar-refractivity contribution in [2.45, 2.75) is 45.6 Å². The van der Waals surface area contributed by atoms with Crippen molar-refractivity contribution >= 4 is 27.7 Å². The number of nitrogens with one attached hydrogen (secondary N) is 1. The Hall–Kier alpha value is -1.36. The summed E-state index contributed by atoms with van der Waals surface area (Å²) >= 11 is 3.37. The molecule has 1 aromatic carbocycles. The number of piperidine rings is 1. The molecule has 0 spiro atoms. The number of halogens is 1. The molecule has 1 aliphatic rings. The summed E-state index contributed by atoms with van der Waals surface area (Å²) in [7, 11) is 0. The first-order valence-corrected chi connectivity index (χ1v) is 8.98. The molecular weight excluding hydrogens is 356 g/mol. The molecule has 126 valence electrons. The van der Waals surface area contributed by atoms with Crippen LogP contribution in [-0.2, 0) is 4.79 Å². The van der Waals surface area contributed by atoms with Gasteiger partial charge in [0.25, 0.3) is 5.91 Å². The van der Waals surface area contributed by atoms with Crippen LogP contribution in [0.3, 0.4) is 0 Å². The summed E-state index contributed by atoms with van der Waals surface area (Å²) in [5.41, 5.74) is 0.532. The Morgan fingerprint density at radius 2 is 1.78 bits per heavy atom. The third kappa shape index (κ3) is 4.80. The topological polar surface area (TPSA) is 49.4 Å². The zero-order valence-electron chi connectivity index (χ0n) is 14.1. The molecule has 1 heterocycles. The molecule has 5 heteroatoms. The lowest BCUT2D eigenvalue weighted by Gasteiger charge is -2.33. The van der Waals surface area contributed by atoms with Crippen molar-refractivity contribution in [1.29, 1.82) is 0 Å². The second-order valence-electron chi connectivity index (χ2n) is 6.80. The maximum atomic E-state index is 12.5. The molecule has 2 rings (SSSR count). The van der Waals surface area contributed by atoms with Gasteiger partial charge in [0.05, 0.1) is 0 Å². The van der Waals surface area contributed by atoms with Gasteiger partial charge in [0.15, 0.2) is 0 Å². The van der Waals surface area contributed by atoms with Crippen LogP contribution < -0.4 is 5.32 Å². The standard InChI is InChI=1S/C18H25BrN2O2/c1-4-18(2,3)20-16(22)13-9-11-21(12-10-13)17(23)14-5-7-15(19)8-6-14/h5-8,13H,4,9-12H2,1-3H3,(H,20,22). The van der Waals surface area contributed by atoms with Crippen LogP contribution in [-0.4, -0.2) is 35.3 Å². The van der Waals surface area contributed by atoms with Gasteiger partial charge in [-0.3, -0.25) is 9.59 Å². The Bertz CT molecular complexity index is 561. The lowest BCUT2D eigenvalue weighted by atomic mass is 9.93. The van der Waals surface area contributed by atoms with Gasteiger partial charge in [0.1, 0.15) is 0 Å². The molecule has 0 bridgehead atoms. The van der Waals surface area contributed by atoms with Crippen LogP contribution in [0, 0.1) is 5.92 Å². The molecule has 0 aromatic heterocycles. The molecule has 23 heavy (non-hydrogen) atoms. The first-order valence-electron chi connectivity index (χ1n) is 8.19. The van der Waals surface area contributed by atoms with E-state index in [1.807, 2.05) is 43.0 Å². The Labute approximate surface area is 146 Å². The summed E-state index contributed by atoms with van der Waals surface area (Å²) in [6, 6.07) is 7.41. The van der Waals surface area contributed by atoms with Gasteiger partial charge in [-0.2, -0.15) is 0 Å². The minimum atomic E-state index is -0.165. The number of hydrogen-bond acceptors (Lipinski definition) is 2. The highest BCUT2D eigenvalue weighted by molar-refractivity contribution is 9.10. The Morgan fingerprint density at radius 1 is 1.22 bits per heavy atom. The molecule has 1 fully saturated rings. The highest BCUT2D eigenvalue weighted by Crippen LogP contribution is 2.21. The molecule has 0 radical (unpaired) electrons. The van der Waals surface area contributed by atoms with Gasteiger partial charge >= 0.3 is 0 Å². The minimum Gasteiger partial charge on any atom is -0.351 e. The van der Waals surface area contributed by atoms with Crippen LogP contribution in [0.1, 0.15) is 50.4 Å². The van der Waals surface area contributed by atoms with E-state index >= 15 is 0 Å². The van der Waals surface area contributed by atoms with Crippen LogP contribution in [0.25, 0.3) is 0 Å². The van der Waals surface area contributed by atoms with Crippen molar-refractivity contribution in [3.63, 3.8) is 0 Å². The fourth-order valence-electron chi connectivity index (χ4n) is 2.64. The van der Waals surface area contributed by atoms with Crippen LogP contribution in [0.5, 0.6) is 0 Å². The van der Waals surface area contributed by atoms with Gasteiger partial charge in [-0.25, -0.2) is 0 Å². The fraction of sp³-hybridized carbons (Fsp3) is 0.556. The minimum absolute atomic E-state index is 0.00907. The highest BCUT2D eigenvalue weighted by atomic mass is 79.9. The molecule has 1 saturated heterocycles. The Morgan fingerprint density at radius 3 is 2.30 bits per heavy atom. The van der Waals surface area contributed by atoms with Gasteiger partial charge in [-0.05, 0) is 57.4 Å². The number of rotatable bonds is 4. The second-order valence-corrected chi connectivity index (χ2v) is 7.72. The summed E-state index contributed by atoms with van der Waals surface area (Å²) < 4.78 is 0.961. The lowest BCUT2D eigenvalue weighted by Crippen LogP contribution is -2.48. The number of likely N-dealkylation sites (tertiary alicyclic amines) is 1. The molecular formula is C18H25BrN2O2. The molecule has 1 aliphatic heterocycles. The average molecular weight is 381 g/mol. The molecule has 4 nitrogen and oxygen atoms in total. The quantitative estimate of drug-likeness (QED) is 0.866. The highest BCUT2D eigenvalue weighted by Gasteiger charge is 2.30. The smallest absolute Gasteiger partial charge is 0.253 e. The van der Waals surface area contributed by atoms with Crippen LogP contribution in [0.15, 0.2) is 28.7 Å². The van der Waals surface area contributed by atoms with Gasteiger partial charge < -0.3 is 10.2 Å². The van der Waals surface area contributed by atoms with Crippen LogP contribution in [0.2, 0.25) is 0 Å². The molecule has 0 saturated carbocycles. The third-order valence-electron chi connectivity index (χ3n) is 4.59. The SMILES string of the molecule is CCC(C)(C)NC(=O)C1CCN(C(=O)c2ccc(Br)cc2)CC1. The van der Waals surface area contributed by atoms with Crippen molar-refractivity contribution in [2.75, 3.05) is 13.1 Å². The molecule has 0 atom stereocenters. The van der Waals surface area contributed by atoms with Crippen molar-refractivity contribution < 1.29 is 9.59 Å². The number of amides is 2. The number of hydrogen-bond donors (Lipinski definition) is 1. The van der Waals surface area contributed by atoms with E-state index in [4.69, 9.17) is 0 Å². The lowest BCUT2D eigenvalue weighted by molar-refractivity contribution is -0.128. The molecule has 2 amide bonds. The van der Waals surface area contributed by atoms with Gasteiger partial charge in [0, 0.05) is 34.6 Å². The van der Waals surface area contributed by atoms with E-state index in [0.717, 1.165) is 23.7 Å². The van der Waals surface area contributed by atoms with E-state index in [2.05, 4.69) is 28.2 Å². The second kappa shape index (κ2) is 7.47. The van der Waals surface area contributed by atoms with Gasteiger partial charge in [-0.15, -0.1) is 0 Å². The summed E-state index contributed by atoms with van der Waals surface area (Å²) in [5.74, 6) is 0.174. The normalized spacial score (nSPS) is 16.3. The summed E-state index contributed by atoms with van der Waals surface area (Å²) in [5, 5.41) is 3.11. The monoisotopic (exact) mass is 380 g/mol. The maximum absolute atomic E-state index is 12.5. The largest absolute Gasteiger partial charge is 0.351 e. The van der Waals surface area contributed by atoms with Crippen molar-refractivity contribution in [3.05, 3.63) is 34.3 Å². The van der Waals surface area contributed by atoms with E-state index in [1.165, 1.54) is 0 Å². The Kier molecular flexibility index (Phi) is 5.84. The van der Waals surface area contributed by atoms with E-state index < -0.39 is 0 Å². The number of carbonyl (C=O) groups excluding carboxylic acids is 2. The first-order chi connectivity index (χ1) is 10.8. The first kappa shape index (κ1) is 18.0. The van der Waals surface area contributed by atoms with Crippen LogP contribution >= 0.6 is 15.9 Å². The fourth-order valence-corrected chi connectivity index (χ4v) is 2.91. The van der Waals surface area contributed by atoms with Gasteiger partial charge in [-0.1, -0.05) is 22.9 Å².